The molecule has 0 radical (unpaired) electrons. The molecule has 0 saturated carbocycles. The Hall–Kier alpha value is -4.97. The van der Waals surface area contributed by atoms with E-state index in [-0.39, 0.29) is 0 Å². The first-order valence-corrected chi connectivity index (χ1v) is 16.7. The number of aromatic nitrogens is 1. The van der Waals surface area contributed by atoms with Gasteiger partial charge in [-0.1, -0.05) is 97.1 Å². The number of para-hydroxylation sites is 1. The van der Waals surface area contributed by atoms with Gasteiger partial charge in [0.15, 0.2) is 5.82 Å². The molecule has 2 aliphatic rings. The lowest BCUT2D eigenvalue weighted by atomic mass is 9.99. The highest BCUT2D eigenvalue weighted by molar-refractivity contribution is 7.27. The van der Waals surface area contributed by atoms with Crippen LogP contribution in [0, 0.1) is 0 Å². The standard InChI is InChI=1S/C39H25N3S2/c1-2-12-23(13-3-1)35-39-36(28-18-8-11-21-31(28)44-39)40-22-32(41-35)42-29-19-9-6-16-26(29)33-24-14-4-5-15-25(24)34-27-17-7-10-20-30(27)43-38(34)37(33)42/h2,4-22,40H,1,3H2. The first-order valence-electron chi connectivity index (χ1n) is 15.0. The molecule has 208 valence electrons. The molecule has 8 aromatic rings. The minimum Gasteiger partial charge on any atom is -0.357 e. The average Bonchev–Trinajstić information content (AvgIpc) is 3.72. The summed E-state index contributed by atoms with van der Waals surface area (Å²) in [5.41, 5.74) is 5.75. The molecule has 44 heavy (non-hydrogen) atoms. The fraction of sp³-hybridized carbons (Fsp3) is 0.0513. The number of allylic oxidation sites excluding steroid dienone is 4. The Balaban J connectivity index is 1.37. The quantitative estimate of drug-likeness (QED) is 0.210. The minimum absolute atomic E-state index is 0.896. The third kappa shape index (κ3) is 3.34. The Bertz CT molecular complexity index is 2640. The van der Waals surface area contributed by atoms with Crippen LogP contribution in [0.3, 0.4) is 0 Å². The number of aliphatic imine (C=N–C) groups is 1. The van der Waals surface area contributed by atoms with Crippen molar-refractivity contribution in [3.63, 3.8) is 0 Å². The maximum atomic E-state index is 5.59. The number of rotatable bonds is 2. The smallest absolute Gasteiger partial charge is 0.154 e. The molecule has 0 amide bonds. The lowest BCUT2D eigenvalue weighted by molar-refractivity contribution is 1.03. The molecule has 0 bridgehead atoms. The highest BCUT2D eigenvalue weighted by Crippen LogP contribution is 2.48. The molecular weight excluding hydrogens is 575 g/mol. The van der Waals surface area contributed by atoms with Gasteiger partial charge in [-0.2, -0.15) is 0 Å². The summed E-state index contributed by atoms with van der Waals surface area (Å²) < 4.78 is 6.29. The van der Waals surface area contributed by atoms with Crippen molar-refractivity contribution in [1.82, 2.24) is 4.57 Å². The van der Waals surface area contributed by atoms with Crippen LogP contribution in [0.4, 0.5) is 5.69 Å². The second kappa shape index (κ2) is 9.26. The van der Waals surface area contributed by atoms with Crippen LogP contribution in [0.25, 0.3) is 68.7 Å². The number of hydrogen-bond donors (Lipinski definition) is 1. The molecule has 3 aromatic heterocycles. The van der Waals surface area contributed by atoms with Crippen LogP contribution in [0.2, 0.25) is 0 Å². The van der Waals surface area contributed by atoms with Gasteiger partial charge in [0.1, 0.15) is 0 Å². The number of thiophene rings is 2. The van der Waals surface area contributed by atoms with Gasteiger partial charge in [-0.15, -0.1) is 22.7 Å². The number of nitrogens with one attached hydrogen (secondary N) is 1. The fourth-order valence-corrected chi connectivity index (χ4v) is 9.59. The van der Waals surface area contributed by atoms with E-state index >= 15 is 0 Å². The number of fused-ring (bicyclic) bond motifs is 13. The lowest BCUT2D eigenvalue weighted by Gasteiger charge is -2.13. The van der Waals surface area contributed by atoms with E-state index in [4.69, 9.17) is 4.99 Å². The number of benzene rings is 5. The Morgan fingerprint density at radius 1 is 0.659 bits per heavy atom. The maximum Gasteiger partial charge on any atom is 0.154 e. The number of anilines is 1. The summed E-state index contributed by atoms with van der Waals surface area (Å²) in [6.07, 6.45) is 11.1. The molecule has 0 unspecified atom stereocenters. The summed E-state index contributed by atoms with van der Waals surface area (Å²) in [6.45, 7) is 0. The van der Waals surface area contributed by atoms with Crippen molar-refractivity contribution in [3.05, 3.63) is 132 Å². The van der Waals surface area contributed by atoms with Gasteiger partial charge in [-0.3, -0.25) is 4.57 Å². The summed E-state index contributed by atoms with van der Waals surface area (Å²) in [5, 5.41) is 12.8. The number of nitrogens with zero attached hydrogens (tertiary/aromatic N) is 2. The molecule has 0 spiro atoms. The van der Waals surface area contributed by atoms with Gasteiger partial charge in [0, 0.05) is 42.5 Å². The highest BCUT2D eigenvalue weighted by Gasteiger charge is 2.26. The van der Waals surface area contributed by atoms with Crippen LogP contribution in [-0.2, 0) is 0 Å². The molecular formula is C39H25N3S2. The van der Waals surface area contributed by atoms with Crippen molar-refractivity contribution in [3.8, 4) is 0 Å². The zero-order valence-electron chi connectivity index (χ0n) is 23.7. The van der Waals surface area contributed by atoms with Gasteiger partial charge in [0.25, 0.3) is 0 Å². The summed E-state index contributed by atoms with van der Waals surface area (Å²) >= 11 is 3.71. The normalized spacial score (nSPS) is 15.1. The third-order valence-electron chi connectivity index (χ3n) is 9.03. The monoisotopic (exact) mass is 599 g/mol. The van der Waals surface area contributed by atoms with E-state index in [0.717, 1.165) is 35.6 Å². The average molecular weight is 600 g/mol. The zero-order valence-corrected chi connectivity index (χ0v) is 25.3. The van der Waals surface area contributed by atoms with Crippen molar-refractivity contribution in [1.29, 1.82) is 0 Å². The first-order chi connectivity index (χ1) is 21.8. The molecule has 1 N–H and O–H groups in total. The highest BCUT2D eigenvalue weighted by atomic mass is 32.1. The Labute approximate surface area is 261 Å². The van der Waals surface area contributed by atoms with Crippen LogP contribution in [0.15, 0.2) is 132 Å². The molecule has 10 rings (SSSR count). The number of hydrogen-bond acceptors (Lipinski definition) is 4. The van der Waals surface area contributed by atoms with Crippen LogP contribution in [0.1, 0.15) is 17.7 Å². The lowest BCUT2D eigenvalue weighted by Crippen LogP contribution is -2.05. The summed E-state index contributed by atoms with van der Waals surface area (Å²) in [6, 6.07) is 35.2. The van der Waals surface area contributed by atoms with Crippen molar-refractivity contribution in [2.45, 2.75) is 12.8 Å². The van der Waals surface area contributed by atoms with E-state index in [2.05, 4.69) is 131 Å². The third-order valence-corrected chi connectivity index (χ3v) is 11.4. The molecule has 0 atom stereocenters. The SMILES string of the molecule is C1=CC(C2=NC(n3c4ccccc4c4c5ccccc5c5c6ccccc6sc5c43)=CNc3c2sc2ccccc32)=CCC1. The van der Waals surface area contributed by atoms with Crippen LogP contribution in [0.5, 0.6) is 0 Å². The van der Waals surface area contributed by atoms with Gasteiger partial charge in [-0.05, 0) is 47.4 Å². The predicted octanol–water partition coefficient (Wildman–Crippen LogP) is 11.5. The Kier molecular flexibility index (Phi) is 5.15. The maximum absolute atomic E-state index is 5.59. The Morgan fingerprint density at radius 3 is 2.14 bits per heavy atom. The van der Waals surface area contributed by atoms with Crippen molar-refractivity contribution >= 4 is 103 Å². The minimum atomic E-state index is 0.896. The summed E-state index contributed by atoms with van der Waals surface area (Å²) in [7, 11) is 0. The van der Waals surface area contributed by atoms with E-state index in [1.807, 2.05) is 22.7 Å². The van der Waals surface area contributed by atoms with Crippen LogP contribution in [-0.4, -0.2) is 10.3 Å². The van der Waals surface area contributed by atoms with E-state index < -0.39 is 0 Å². The van der Waals surface area contributed by atoms with E-state index in [1.54, 1.807) is 0 Å². The van der Waals surface area contributed by atoms with Crippen molar-refractivity contribution in [2.24, 2.45) is 4.99 Å². The molecule has 1 aliphatic heterocycles. The molecule has 5 aromatic carbocycles. The second-order valence-corrected chi connectivity index (χ2v) is 13.6. The summed E-state index contributed by atoms with van der Waals surface area (Å²) in [5.74, 6) is 0.896. The summed E-state index contributed by atoms with van der Waals surface area (Å²) in [4.78, 5) is 6.78. The fourth-order valence-electron chi connectivity index (χ4n) is 7.15. The zero-order chi connectivity index (χ0) is 28.8. The van der Waals surface area contributed by atoms with Gasteiger partial charge in [-0.25, -0.2) is 4.99 Å². The molecule has 3 nitrogen and oxygen atoms in total. The largest absolute Gasteiger partial charge is 0.357 e. The first kappa shape index (κ1) is 24.5. The molecule has 1 aliphatic carbocycles. The molecule has 0 saturated heterocycles. The Morgan fingerprint density at radius 2 is 1.34 bits per heavy atom. The topological polar surface area (TPSA) is 29.3 Å². The van der Waals surface area contributed by atoms with Gasteiger partial charge in [0.2, 0.25) is 0 Å². The van der Waals surface area contributed by atoms with E-state index in [1.165, 1.54) is 67.8 Å². The van der Waals surface area contributed by atoms with Crippen LogP contribution < -0.4 is 5.32 Å². The molecule has 4 heterocycles. The van der Waals surface area contributed by atoms with Crippen LogP contribution >= 0.6 is 22.7 Å². The van der Waals surface area contributed by atoms with Gasteiger partial charge < -0.3 is 5.32 Å². The van der Waals surface area contributed by atoms with Crippen molar-refractivity contribution in [2.75, 3.05) is 5.32 Å². The van der Waals surface area contributed by atoms with Gasteiger partial charge in [0.05, 0.1) is 32.0 Å². The van der Waals surface area contributed by atoms with E-state index in [9.17, 15) is 0 Å². The van der Waals surface area contributed by atoms with Crippen molar-refractivity contribution < 1.29 is 0 Å². The van der Waals surface area contributed by atoms with Gasteiger partial charge >= 0.3 is 0 Å². The second-order valence-electron chi connectivity index (χ2n) is 11.5. The molecule has 5 heteroatoms. The van der Waals surface area contributed by atoms with E-state index in [0.29, 0.717) is 0 Å². The molecule has 0 fully saturated rings. The predicted molar refractivity (Wildman–Crippen MR) is 193 cm³/mol.